The van der Waals surface area contributed by atoms with Crippen molar-refractivity contribution in [1.82, 2.24) is 19.7 Å². The number of hydrogen-bond donors (Lipinski definition) is 0. The van der Waals surface area contributed by atoms with Gasteiger partial charge >= 0.3 is 0 Å². The molecule has 0 N–H and O–H groups in total. The summed E-state index contributed by atoms with van der Waals surface area (Å²) in [5, 5.41) is 4.88. The summed E-state index contributed by atoms with van der Waals surface area (Å²) >= 11 is 6.26. The molecule has 0 saturated carbocycles. The first kappa shape index (κ1) is 13.0. The third-order valence-electron chi connectivity index (χ3n) is 3.39. The third kappa shape index (κ3) is 2.23. The first-order chi connectivity index (χ1) is 10.8. The molecule has 0 fully saturated rings. The van der Waals surface area contributed by atoms with Crippen LogP contribution in [0.2, 0.25) is 5.15 Å². The van der Waals surface area contributed by atoms with Crippen molar-refractivity contribution >= 4 is 22.6 Å². The average molecular weight is 307 g/mol. The zero-order valence-corrected chi connectivity index (χ0v) is 12.3. The standard InChI is InChI=1S/C17H11ClN4/c18-16-17(20-15-9-5-4-8-14(15)19-16)22-11-10-13(21-22)12-6-2-1-3-7-12/h1-11H. The summed E-state index contributed by atoms with van der Waals surface area (Å²) in [6.07, 6.45) is 1.84. The Kier molecular flexibility index (Phi) is 3.09. The van der Waals surface area contributed by atoms with Crippen molar-refractivity contribution in [2.24, 2.45) is 0 Å². The van der Waals surface area contributed by atoms with E-state index in [0.717, 1.165) is 22.3 Å². The van der Waals surface area contributed by atoms with Crippen LogP contribution in [0.1, 0.15) is 0 Å². The van der Waals surface area contributed by atoms with Crippen LogP contribution in [0, 0.1) is 0 Å². The van der Waals surface area contributed by atoms with E-state index < -0.39 is 0 Å². The van der Waals surface area contributed by atoms with Crippen LogP contribution in [0.3, 0.4) is 0 Å². The molecule has 0 saturated heterocycles. The van der Waals surface area contributed by atoms with Crippen LogP contribution < -0.4 is 0 Å². The first-order valence-corrected chi connectivity index (χ1v) is 7.23. The zero-order valence-electron chi connectivity index (χ0n) is 11.5. The summed E-state index contributed by atoms with van der Waals surface area (Å²) in [6.45, 7) is 0. The molecule has 0 spiro atoms. The van der Waals surface area contributed by atoms with Crippen molar-refractivity contribution < 1.29 is 0 Å². The van der Waals surface area contributed by atoms with Crippen LogP contribution in [0.25, 0.3) is 28.1 Å². The van der Waals surface area contributed by atoms with E-state index in [9.17, 15) is 0 Å². The van der Waals surface area contributed by atoms with E-state index in [2.05, 4.69) is 15.1 Å². The molecule has 2 aromatic heterocycles. The van der Waals surface area contributed by atoms with Gasteiger partial charge in [-0.05, 0) is 18.2 Å². The lowest BCUT2D eigenvalue weighted by Crippen LogP contribution is -2.01. The Morgan fingerprint density at radius 3 is 2.23 bits per heavy atom. The highest BCUT2D eigenvalue weighted by Gasteiger charge is 2.11. The van der Waals surface area contributed by atoms with Gasteiger partial charge in [-0.1, -0.05) is 54.1 Å². The second kappa shape index (κ2) is 5.24. The Labute approximate surface area is 132 Å². The minimum Gasteiger partial charge on any atom is -0.231 e. The Morgan fingerprint density at radius 2 is 1.45 bits per heavy atom. The SMILES string of the molecule is Clc1nc2ccccc2nc1-n1ccc(-c2ccccc2)n1. The van der Waals surface area contributed by atoms with Gasteiger partial charge in [0.25, 0.3) is 0 Å². The molecule has 0 unspecified atom stereocenters. The summed E-state index contributed by atoms with van der Waals surface area (Å²) < 4.78 is 1.66. The fourth-order valence-corrected chi connectivity index (χ4v) is 2.54. The number of nitrogens with zero attached hydrogens (tertiary/aromatic N) is 4. The Balaban J connectivity index is 1.82. The Morgan fingerprint density at radius 1 is 0.773 bits per heavy atom. The molecule has 5 heteroatoms. The quantitative estimate of drug-likeness (QED) is 0.559. The van der Waals surface area contributed by atoms with Gasteiger partial charge in [-0.2, -0.15) is 5.10 Å². The first-order valence-electron chi connectivity index (χ1n) is 6.85. The predicted octanol–water partition coefficient (Wildman–Crippen LogP) is 4.14. The molecule has 0 atom stereocenters. The van der Waals surface area contributed by atoms with Gasteiger partial charge in [-0.15, -0.1) is 0 Å². The van der Waals surface area contributed by atoms with Crippen LogP contribution in [0.15, 0.2) is 66.9 Å². The predicted molar refractivity (Wildman–Crippen MR) is 87.1 cm³/mol. The second-order valence-electron chi connectivity index (χ2n) is 4.84. The van der Waals surface area contributed by atoms with Gasteiger partial charge in [0, 0.05) is 11.8 Å². The normalized spacial score (nSPS) is 11.0. The van der Waals surface area contributed by atoms with Gasteiger partial charge in [0.1, 0.15) is 0 Å². The van der Waals surface area contributed by atoms with E-state index in [1.54, 1.807) is 4.68 Å². The lowest BCUT2D eigenvalue weighted by molar-refractivity contribution is 0.850. The van der Waals surface area contributed by atoms with Crippen LogP contribution in [-0.4, -0.2) is 19.7 Å². The molecule has 4 rings (SSSR count). The maximum Gasteiger partial charge on any atom is 0.192 e. The smallest absolute Gasteiger partial charge is 0.192 e. The van der Waals surface area contributed by atoms with Gasteiger partial charge in [-0.25, -0.2) is 14.6 Å². The number of fused-ring (bicyclic) bond motifs is 1. The number of halogens is 1. The fourth-order valence-electron chi connectivity index (χ4n) is 2.32. The summed E-state index contributed by atoms with van der Waals surface area (Å²) in [4.78, 5) is 8.93. The van der Waals surface area contributed by atoms with Crippen molar-refractivity contribution in [3.8, 4) is 17.1 Å². The van der Waals surface area contributed by atoms with E-state index in [-0.39, 0.29) is 0 Å². The summed E-state index contributed by atoms with van der Waals surface area (Å²) in [6, 6.07) is 19.5. The van der Waals surface area contributed by atoms with Crippen molar-refractivity contribution in [3.05, 3.63) is 72.0 Å². The maximum atomic E-state index is 6.26. The molecular weight excluding hydrogens is 296 g/mol. The van der Waals surface area contributed by atoms with Crippen molar-refractivity contribution in [2.75, 3.05) is 0 Å². The topological polar surface area (TPSA) is 43.6 Å². The van der Waals surface area contributed by atoms with Crippen molar-refractivity contribution in [3.63, 3.8) is 0 Å². The molecule has 0 amide bonds. The molecule has 4 aromatic rings. The molecule has 0 aliphatic rings. The second-order valence-corrected chi connectivity index (χ2v) is 5.20. The van der Waals surface area contributed by atoms with Crippen LogP contribution in [0.4, 0.5) is 0 Å². The number of hydrogen-bond acceptors (Lipinski definition) is 3. The zero-order chi connectivity index (χ0) is 14.9. The van der Waals surface area contributed by atoms with Crippen LogP contribution >= 0.6 is 11.6 Å². The van der Waals surface area contributed by atoms with Crippen LogP contribution in [0.5, 0.6) is 0 Å². The molecule has 0 bridgehead atoms. The summed E-state index contributed by atoms with van der Waals surface area (Å²) in [5.41, 5.74) is 3.48. The highest BCUT2D eigenvalue weighted by molar-refractivity contribution is 6.31. The van der Waals surface area contributed by atoms with E-state index in [1.165, 1.54) is 0 Å². The van der Waals surface area contributed by atoms with Gasteiger partial charge in [0.15, 0.2) is 11.0 Å². The molecule has 4 nitrogen and oxygen atoms in total. The average Bonchev–Trinajstić information content (AvgIpc) is 3.05. The molecule has 2 heterocycles. The number of aromatic nitrogens is 4. The molecule has 0 radical (unpaired) electrons. The minimum absolute atomic E-state index is 0.335. The summed E-state index contributed by atoms with van der Waals surface area (Å²) in [7, 11) is 0. The van der Waals surface area contributed by atoms with Gasteiger partial charge in [-0.3, -0.25) is 0 Å². The minimum atomic E-state index is 0.335. The van der Waals surface area contributed by atoms with Crippen molar-refractivity contribution in [2.45, 2.75) is 0 Å². The highest BCUT2D eigenvalue weighted by atomic mass is 35.5. The monoisotopic (exact) mass is 306 g/mol. The molecule has 22 heavy (non-hydrogen) atoms. The van der Waals surface area contributed by atoms with E-state index in [1.807, 2.05) is 66.9 Å². The van der Waals surface area contributed by atoms with Gasteiger partial charge < -0.3 is 0 Å². The Bertz CT molecular complexity index is 947. The summed E-state index contributed by atoms with van der Waals surface area (Å²) in [5.74, 6) is 0.530. The van der Waals surface area contributed by atoms with Gasteiger partial charge in [0.05, 0.1) is 16.7 Å². The lowest BCUT2D eigenvalue weighted by Gasteiger charge is -2.04. The fraction of sp³-hybridized carbons (Fsp3) is 0. The van der Waals surface area contributed by atoms with E-state index >= 15 is 0 Å². The number of rotatable bonds is 2. The maximum absolute atomic E-state index is 6.26. The lowest BCUT2D eigenvalue weighted by atomic mass is 10.2. The molecular formula is C17H11ClN4. The van der Waals surface area contributed by atoms with Crippen LogP contribution in [-0.2, 0) is 0 Å². The Hall–Kier alpha value is -2.72. The largest absolute Gasteiger partial charge is 0.231 e. The molecule has 0 aliphatic heterocycles. The van der Waals surface area contributed by atoms with E-state index in [0.29, 0.717) is 11.0 Å². The van der Waals surface area contributed by atoms with Gasteiger partial charge in [0.2, 0.25) is 0 Å². The highest BCUT2D eigenvalue weighted by Crippen LogP contribution is 2.22. The molecule has 2 aromatic carbocycles. The van der Waals surface area contributed by atoms with Crippen molar-refractivity contribution in [1.29, 1.82) is 0 Å². The number of para-hydroxylation sites is 2. The van der Waals surface area contributed by atoms with E-state index in [4.69, 9.17) is 11.6 Å². The third-order valence-corrected chi connectivity index (χ3v) is 3.64. The number of benzene rings is 2. The molecule has 106 valence electrons. The molecule has 0 aliphatic carbocycles.